The van der Waals surface area contributed by atoms with Crippen LogP contribution in [0.4, 0.5) is 0 Å². The third-order valence-electron chi connectivity index (χ3n) is 3.96. The molecule has 6 heteroatoms. The fourth-order valence-electron chi connectivity index (χ4n) is 2.84. The molecule has 0 amide bonds. The van der Waals surface area contributed by atoms with Crippen LogP contribution in [0.1, 0.15) is 12.0 Å². The molecule has 1 unspecified atom stereocenters. The first-order chi connectivity index (χ1) is 9.54. The molecule has 2 aliphatic heterocycles. The first-order valence-corrected chi connectivity index (χ1v) is 7.30. The van der Waals surface area contributed by atoms with Gasteiger partial charge in [-0.25, -0.2) is 4.79 Å². The molecule has 2 aliphatic rings. The zero-order valence-corrected chi connectivity index (χ0v) is 12.5. The predicted molar refractivity (Wildman–Crippen MR) is 75.6 cm³/mol. The van der Waals surface area contributed by atoms with Crippen LogP contribution in [0, 0.1) is 0 Å². The number of carbonyl (C=O) groups is 1. The van der Waals surface area contributed by atoms with Gasteiger partial charge < -0.3 is 19.9 Å². The van der Waals surface area contributed by atoms with Crippen molar-refractivity contribution in [2.75, 3.05) is 26.3 Å². The Balaban J connectivity index is 1.87. The van der Waals surface area contributed by atoms with Crippen molar-refractivity contribution >= 4 is 21.9 Å². The number of carboxylic acid groups (broad SMARTS) is 1. The Hall–Kier alpha value is -0.950. The molecule has 2 N–H and O–H groups in total. The molecule has 1 spiro atoms. The number of hydrogen-bond donors (Lipinski definition) is 2. The largest absolute Gasteiger partial charge is 0.480 e. The van der Waals surface area contributed by atoms with E-state index in [-0.39, 0.29) is 12.2 Å². The smallest absolute Gasteiger partial charge is 0.329 e. The Labute approximate surface area is 125 Å². The molecule has 2 fully saturated rings. The van der Waals surface area contributed by atoms with Gasteiger partial charge in [0.1, 0.15) is 12.2 Å². The quantitative estimate of drug-likeness (QED) is 0.868. The van der Waals surface area contributed by atoms with Crippen molar-refractivity contribution in [1.29, 1.82) is 0 Å². The summed E-state index contributed by atoms with van der Waals surface area (Å²) >= 11 is 3.40. The van der Waals surface area contributed by atoms with Crippen molar-refractivity contribution in [2.24, 2.45) is 0 Å². The van der Waals surface area contributed by atoms with Crippen molar-refractivity contribution in [1.82, 2.24) is 5.32 Å². The maximum Gasteiger partial charge on any atom is 0.329 e. The highest BCUT2D eigenvalue weighted by Crippen LogP contribution is 2.44. The summed E-state index contributed by atoms with van der Waals surface area (Å²) in [5, 5.41) is 12.1. The van der Waals surface area contributed by atoms with Gasteiger partial charge in [-0.2, -0.15) is 0 Å². The molecule has 0 bridgehead atoms. The normalized spacial score (nSPS) is 27.4. The van der Waals surface area contributed by atoms with Gasteiger partial charge in [0.05, 0.1) is 12.2 Å². The van der Waals surface area contributed by atoms with Crippen molar-refractivity contribution in [3.63, 3.8) is 0 Å². The topological polar surface area (TPSA) is 67.8 Å². The number of halogens is 1. The summed E-state index contributed by atoms with van der Waals surface area (Å²) in [6.07, 6.45) is 0.682. The Morgan fingerprint density at radius 1 is 1.40 bits per heavy atom. The molecule has 0 saturated carbocycles. The van der Waals surface area contributed by atoms with Crippen molar-refractivity contribution < 1.29 is 19.4 Å². The van der Waals surface area contributed by atoms with Gasteiger partial charge in [0.15, 0.2) is 0 Å². The molecule has 3 rings (SSSR count). The molecule has 2 saturated heterocycles. The molecule has 5 nitrogen and oxygen atoms in total. The number of hydrogen-bond acceptors (Lipinski definition) is 4. The first-order valence-electron chi connectivity index (χ1n) is 6.50. The maximum absolute atomic E-state index is 10.8. The molecule has 2 heterocycles. The molecule has 108 valence electrons. The number of aliphatic carboxylic acids is 1. The van der Waals surface area contributed by atoms with Gasteiger partial charge in [-0.15, -0.1) is 0 Å². The summed E-state index contributed by atoms with van der Waals surface area (Å²) in [5.74, 6) is -0.964. The number of carboxylic acids is 1. The average molecular weight is 342 g/mol. The standard InChI is InChI=1S/C14H16BrNO4/c15-11-3-1-10(2-4-11)14(19-5-12(17)18)6-13(20-9-14)7-16-8-13/h1-4,16H,5-9H2,(H,17,18). The summed E-state index contributed by atoms with van der Waals surface area (Å²) in [6, 6.07) is 7.79. The van der Waals surface area contributed by atoms with E-state index in [4.69, 9.17) is 14.6 Å². The van der Waals surface area contributed by atoms with E-state index in [0.717, 1.165) is 23.1 Å². The lowest BCUT2D eigenvalue weighted by Crippen LogP contribution is -2.59. The molecule has 0 radical (unpaired) electrons. The SMILES string of the molecule is O=C(O)COC1(c2ccc(Br)cc2)COC2(CNC2)C1. The summed E-state index contributed by atoms with van der Waals surface area (Å²) in [6.45, 7) is 1.66. The summed E-state index contributed by atoms with van der Waals surface area (Å²) in [7, 11) is 0. The van der Waals surface area contributed by atoms with E-state index in [1.165, 1.54) is 0 Å². The van der Waals surface area contributed by atoms with Crippen LogP contribution in [0.25, 0.3) is 0 Å². The second kappa shape index (κ2) is 5.11. The highest BCUT2D eigenvalue weighted by molar-refractivity contribution is 9.10. The summed E-state index contributed by atoms with van der Waals surface area (Å²) < 4.78 is 12.6. The van der Waals surface area contributed by atoms with Crippen LogP contribution < -0.4 is 5.32 Å². The number of ether oxygens (including phenoxy) is 2. The van der Waals surface area contributed by atoms with Gasteiger partial charge in [-0.05, 0) is 17.7 Å². The van der Waals surface area contributed by atoms with E-state index in [2.05, 4.69) is 21.2 Å². The number of benzene rings is 1. The molecule has 0 aromatic heterocycles. The third kappa shape index (κ3) is 2.48. The van der Waals surface area contributed by atoms with E-state index in [9.17, 15) is 4.79 Å². The van der Waals surface area contributed by atoms with E-state index >= 15 is 0 Å². The van der Waals surface area contributed by atoms with E-state index in [0.29, 0.717) is 13.0 Å². The second-order valence-electron chi connectivity index (χ2n) is 5.44. The molecule has 0 aliphatic carbocycles. The summed E-state index contributed by atoms with van der Waals surface area (Å²) in [5.41, 5.74) is 0.0953. The predicted octanol–water partition coefficient (Wildman–Crippen LogP) is 1.51. The van der Waals surface area contributed by atoms with Crippen LogP contribution in [0.2, 0.25) is 0 Å². The van der Waals surface area contributed by atoms with Gasteiger partial charge in [0.25, 0.3) is 0 Å². The van der Waals surface area contributed by atoms with Crippen LogP contribution in [-0.2, 0) is 19.9 Å². The van der Waals surface area contributed by atoms with Crippen LogP contribution in [0.15, 0.2) is 28.7 Å². The molecule has 1 aromatic carbocycles. The molecule has 1 atom stereocenters. The van der Waals surface area contributed by atoms with Crippen molar-refractivity contribution in [3.8, 4) is 0 Å². The minimum Gasteiger partial charge on any atom is -0.480 e. The minimum atomic E-state index is -0.964. The Bertz CT molecular complexity index is 514. The Morgan fingerprint density at radius 3 is 2.60 bits per heavy atom. The summed E-state index contributed by atoms with van der Waals surface area (Å²) in [4.78, 5) is 10.8. The zero-order valence-electron chi connectivity index (χ0n) is 10.9. The lowest BCUT2D eigenvalue weighted by molar-refractivity contribution is -0.150. The van der Waals surface area contributed by atoms with Crippen molar-refractivity contribution in [2.45, 2.75) is 17.6 Å². The highest BCUT2D eigenvalue weighted by Gasteiger charge is 2.54. The number of nitrogens with one attached hydrogen (secondary N) is 1. The maximum atomic E-state index is 10.8. The molecular formula is C14H16BrNO4. The van der Waals surface area contributed by atoms with E-state index < -0.39 is 11.6 Å². The van der Waals surface area contributed by atoms with Gasteiger partial charge in [-0.3, -0.25) is 0 Å². The van der Waals surface area contributed by atoms with Gasteiger partial charge in [0, 0.05) is 24.0 Å². The average Bonchev–Trinajstić information content (AvgIpc) is 2.79. The van der Waals surface area contributed by atoms with Gasteiger partial charge in [0.2, 0.25) is 0 Å². The lowest BCUT2D eigenvalue weighted by Gasteiger charge is -2.39. The second-order valence-corrected chi connectivity index (χ2v) is 6.35. The van der Waals surface area contributed by atoms with Gasteiger partial charge >= 0.3 is 5.97 Å². The van der Waals surface area contributed by atoms with E-state index in [1.807, 2.05) is 24.3 Å². The molecule has 1 aromatic rings. The lowest BCUT2D eigenvalue weighted by atomic mass is 9.82. The third-order valence-corrected chi connectivity index (χ3v) is 4.48. The molecular weight excluding hydrogens is 326 g/mol. The molecule has 20 heavy (non-hydrogen) atoms. The fourth-order valence-corrected chi connectivity index (χ4v) is 3.10. The monoisotopic (exact) mass is 341 g/mol. The van der Waals surface area contributed by atoms with Crippen molar-refractivity contribution in [3.05, 3.63) is 34.3 Å². The Morgan fingerprint density at radius 2 is 2.10 bits per heavy atom. The Kier molecular flexibility index (Phi) is 3.58. The highest BCUT2D eigenvalue weighted by atomic mass is 79.9. The van der Waals surface area contributed by atoms with E-state index in [1.54, 1.807) is 0 Å². The van der Waals surface area contributed by atoms with Crippen LogP contribution in [0.3, 0.4) is 0 Å². The fraction of sp³-hybridized carbons (Fsp3) is 0.500. The van der Waals surface area contributed by atoms with Crippen LogP contribution in [-0.4, -0.2) is 43.0 Å². The van der Waals surface area contributed by atoms with Crippen LogP contribution in [0.5, 0.6) is 0 Å². The zero-order chi connectivity index (χ0) is 14.2. The number of rotatable bonds is 4. The van der Waals surface area contributed by atoms with Crippen LogP contribution >= 0.6 is 15.9 Å². The first kappa shape index (κ1) is 14.0. The minimum absolute atomic E-state index is 0.203. The van der Waals surface area contributed by atoms with Gasteiger partial charge in [-0.1, -0.05) is 28.1 Å².